The van der Waals surface area contributed by atoms with Crippen molar-refractivity contribution < 1.29 is 19.7 Å². The van der Waals surface area contributed by atoms with Crippen molar-refractivity contribution in [1.82, 2.24) is 0 Å². The molecule has 0 heterocycles. The molecule has 0 aliphatic heterocycles. The molecule has 0 saturated heterocycles. The number of methoxy groups -OCH3 is 2. The maximum Gasteiger partial charge on any atom is 0.124 e. The lowest BCUT2D eigenvalue weighted by Crippen LogP contribution is -2.17. The van der Waals surface area contributed by atoms with Crippen LogP contribution in [0.2, 0.25) is 0 Å². The van der Waals surface area contributed by atoms with Crippen molar-refractivity contribution in [2.24, 2.45) is 11.5 Å². The SMILES string of the molecule is COc1ccc(/C(N)=C(\c2ccc(OC)cc2)C(N)c2cc(C(C)C)c(O)cc2O)cc1. The van der Waals surface area contributed by atoms with Crippen LogP contribution in [0.15, 0.2) is 60.7 Å². The van der Waals surface area contributed by atoms with Gasteiger partial charge < -0.3 is 31.2 Å². The van der Waals surface area contributed by atoms with Gasteiger partial charge in [0.15, 0.2) is 0 Å². The van der Waals surface area contributed by atoms with Crippen LogP contribution < -0.4 is 20.9 Å². The van der Waals surface area contributed by atoms with Gasteiger partial charge in [0.25, 0.3) is 0 Å². The zero-order chi connectivity index (χ0) is 23.4. The van der Waals surface area contributed by atoms with Crippen molar-refractivity contribution >= 4 is 11.3 Å². The Morgan fingerprint density at radius 2 is 1.22 bits per heavy atom. The van der Waals surface area contributed by atoms with E-state index in [1.54, 1.807) is 20.3 Å². The number of phenols is 2. The molecular weight excluding hydrogens is 404 g/mol. The largest absolute Gasteiger partial charge is 0.508 e. The van der Waals surface area contributed by atoms with Crippen molar-refractivity contribution in [2.45, 2.75) is 25.8 Å². The molecule has 32 heavy (non-hydrogen) atoms. The van der Waals surface area contributed by atoms with E-state index < -0.39 is 6.04 Å². The van der Waals surface area contributed by atoms with Gasteiger partial charge in [-0.25, -0.2) is 0 Å². The molecule has 0 aliphatic rings. The van der Waals surface area contributed by atoms with E-state index in [9.17, 15) is 10.2 Å². The van der Waals surface area contributed by atoms with Crippen molar-refractivity contribution in [3.05, 3.63) is 82.9 Å². The van der Waals surface area contributed by atoms with Crippen LogP contribution in [0.3, 0.4) is 0 Å². The van der Waals surface area contributed by atoms with Crippen molar-refractivity contribution in [2.75, 3.05) is 14.2 Å². The highest BCUT2D eigenvalue weighted by Gasteiger charge is 2.23. The summed E-state index contributed by atoms with van der Waals surface area (Å²) in [4.78, 5) is 0. The molecule has 0 spiro atoms. The highest BCUT2D eigenvalue weighted by atomic mass is 16.5. The number of phenolic OH excluding ortho intramolecular Hbond substituents is 2. The summed E-state index contributed by atoms with van der Waals surface area (Å²) < 4.78 is 10.5. The van der Waals surface area contributed by atoms with E-state index in [0.29, 0.717) is 28.1 Å². The Hall–Kier alpha value is -3.64. The fourth-order valence-corrected chi connectivity index (χ4v) is 3.68. The summed E-state index contributed by atoms with van der Waals surface area (Å²) in [5.74, 6) is 1.42. The lowest BCUT2D eigenvalue weighted by atomic mass is 9.87. The lowest BCUT2D eigenvalue weighted by molar-refractivity contribution is 0.414. The van der Waals surface area contributed by atoms with Crippen LogP contribution in [-0.2, 0) is 0 Å². The van der Waals surface area contributed by atoms with E-state index in [1.165, 1.54) is 6.07 Å². The molecule has 3 aromatic rings. The van der Waals surface area contributed by atoms with Crippen molar-refractivity contribution in [3.8, 4) is 23.0 Å². The average molecular weight is 435 g/mol. The zero-order valence-electron chi connectivity index (χ0n) is 18.8. The normalized spacial score (nSPS) is 12.9. The minimum absolute atomic E-state index is 0.0338. The summed E-state index contributed by atoms with van der Waals surface area (Å²) in [5.41, 5.74) is 17.2. The van der Waals surface area contributed by atoms with Crippen molar-refractivity contribution in [1.29, 1.82) is 0 Å². The molecule has 0 saturated carbocycles. The van der Waals surface area contributed by atoms with Crippen molar-refractivity contribution in [3.63, 3.8) is 0 Å². The standard InChI is InChI=1S/C26H30N2O4/c1-15(2)20-13-21(23(30)14-22(20)29)26(28)24(16-5-9-18(31-3)10-6-16)25(27)17-7-11-19(32-4)12-8-17/h5-15,26,29-30H,27-28H2,1-4H3/b25-24-. The van der Waals surface area contributed by atoms with Crippen LogP contribution in [-0.4, -0.2) is 24.4 Å². The van der Waals surface area contributed by atoms with Crippen LogP contribution in [0.1, 0.15) is 48.1 Å². The minimum Gasteiger partial charge on any atom is -0.508 e. The Bertz CT molecular complexity index is 1100. The monoisotopic (exact) mass is 434 g/mol. The summed E-state index contributed by atoms with van der Waals surface area (Å²) in [6.07, 6.45) is 0. The van der Waals surface area contributed by atoms with Crippen LogP contribution in [0.4, 0.5) is 0 Å². The minimum atomic E-state index is -0.747. The Kier molecular flexibility index (Phi) is 6.95. The second-order valence-corrected chi connectivity index (χ2v) is 7.89. The number of nitrogens with two attached hydrogens (primary N) is 2. The first-order chi connectivity index (χ1) is 15.3. The van der Waals surface area contributed by atoms with Gasteiger partial charge >= 0.3 is 0 Å². The third kappa shape index (κ3) is 4.65. The van der Waals surface area contributed by atoms with E-state index in [1.807, 2.05) is 62.4 Å². The molecule has 6 heteroatoms. The predicted octanol–water partition coefficient (Wildman–Crippen LogP) is 4.77. The van der Waals surface area contributed by atoms with E-state index in [2.05, 4.69) is 0 Å². The number of benzene rings is 3. The average Bonchev–Trinajstić information content (AvgIpc) is 2.79. The molecule has 0 radical (unpaired) electrons. The van der Waals surface area contributed by atoms with E-state index in [-0.39, 0.29) is 17.4 Å². The molecule has 3 aromatic carbocycles. The Morgan fingerprint density at radius 3 is 1.69 bits per heavy atom. The van der Waals surface area contributed by atoms with Gasteiger partial charge in [0.1, 0.15) is 23.0 Å². The fraction of sp³-hybridized carbons (Fsp3) is 0.231. The van der Waals surface area contributed by atoms with Gasteiger partial charge in [-0.15, -0.1) is 0 Å². The molecule has 3 rings (SSSR count). The number of aromatic hydroxyl groups is 2. The molecule has 6 N–H and O–H groups in total. The summed E-state index contributed by atoms with van der Waals surface area (Å²) >= 11 is 0. The summed E-state index contributed by atoms with van der Waals surface area (Å²) in [7, 11) is 3.21. The van der Waals surface area contributed by atoms with Gasteiger partial charge in [-0.3, -0.25) is 0 Å². The highest BCUT2D eigenvalue weighted by Crippen LogP contribution is 2.41. The van der Waals surface area contributed by atoms with Gasteiger partial charge in [-0.2, -0.15) is 0 Å². The second kappa shape index (κ2) is 9.66. The van der Waals surface area contributed by atoms with E-state index >= 15 is 0 Å². The lowest BCUT2D eigenvalue weighted by Gasteiger charge is -2.23. The van der Waals surface area contributed by atoms with Gasteiger partial charge in [-0.05, 0) is 65.1 Å². The first kappa shape index (κ1) is 23.0. The molecule has 1 atom stereocenters. The molecule has 0 aliphatic carbocycles. The predicted molar refractivity (Wildman–Crippen MR) is 128 cm³/mol. The fourth-order valence-electron chi connectivity index (χ4n) is 3.68. The molecule has 168 valence electrons. The maximum absolute atomic E-state index is 10.6. The first-order valence-electron chi connectivity index (χ1n) is 10.4. The summed E-state index contributed by atoms with van der Waals surface area (Å²) in [6.45, 7) is 3.93. The van der Waals surface area contributed by atoms with Crippen LogP contribution in [0, 0.1) is 0 Å². The summed E-state index contributed by atoms with van der Waals surface area (Å²) in [6, 6.07) is 17.1. The Labute approximate surface area is 188 Å². The van der Waals surface area contributed by atoms with Gasteiger partial charge in [-0.1, -0.05) is 26.0 Å². The van der Waals surface area contributed by atoms with Crippen LogP contribution in [0.25, 0.3) is 11.3 Å². The molecule has 0 aromatic heterocycles. The topological polar surface area (TPSA) is 111 Å². The quantitative estimate of drug-likeness (QED) is 0.399. The Morgan fingerprint density at radius 1 is 0.750 bits per heavy atom. The highest BCUT2D eigenvalue weighted by molar-refractivity contribution is 5.92. The molecule has 0 fully saturated rings. The van der Waals surface area contributed by atoms with Crippen LogP contribution in [0.5, 0.6) is 23.0 Å². The maximum atomic E-state index is 10.6. The Balaban J connectivity index is 2.21. The number of hydrogen-bond donors (Lipinski definition) is 4. The number of hydrogen-bond acceptors (Lipinski definition) is 6. The van der Waals surface area contributed by atoms with Gasteiger partial charge in [0, 0.05) is 22.9 Å². The molecular formula is C26H30N2O4. The second-order valence-electron chi connectivity index (χ2n) is 7.89. The zero-order valence-corrected chi connectivity index (χ0v) is 18.8. The molecule has 1 unspecified atom stereocenters. The summed E-state index contributed by atoms with van der Waals surface area (Å²) in [5, 5.41) is 20.9. The van der Waals surface area contributed by atoms with E-state index in [0.717, 1.165) is 16.9 Å². The van der Waals surface area contributed by atoms with Crippen LogP contribution >= 0.6 is 0 Å². The first-order valence-corrected chi connectivity index (χ1v) is 10.4. The molecule has 0 bridgehead atoms. The molecule has 6 nitrogen and oxygen atoms in total. The number of rotatable bonds is 7. The smallest absolute Gasteiger partial charge is 0.124 e. The third-order valence-electron chi connectivity index (χ3n) is 5.54. The molecule has 0 amide bonds. The van der Waals surface area contributed by atoms with Gasteiger partial charge in [0.05, 0.1) is 20.3 Å². The number of ether oxygens (including phenoxy) is 2. The van der Waals surface area contributed by atoms with E-state index in [4.69, 9.17) is 20.9 Å². The third-order valence-corrected chi connectivity index (χ3v) is 5.54. The van der Waals surface area contributed by atoms with Gasteiger partial charge in [0.2, 0.25) is 0 Å².